The first-order chi connectivity index (χ1) is 13.1. The standard InChI is InChI=1S/C22H28N2O3/c1-3-24(14-19-11-12-20-21(13-19)27-16-26-20)15-22(25)23-17(2)9-10-18-7-5-4-6-8-18/h4-8,11-13,17H,3,9-10,14-16H2,1-2H3,(H,23,25). The smallest absolute Gasteiger partial charge is 0.234 e. The third kappa shape index (κ3) is 5.73. The van der Waals surface area contributed by atoms with Crippen molar-refractivity contribution in [2.24, 2.45) is 0 Å². The summed E-state index contributed by atoms with van der Waals surface area (Å²) in [5.41, 5.74) is 2.42. The van der Waals surface area contributed by atoms with Crippen LogP contribution < -0.4 is 14.8 Å². The molecule has 5 heteroatoms. The van der Waals surface area contributed by atoms with Crippen LogP contribution in [0.5, 0.6) is 11.5 Å². The van der Waals surface area contributed by atoms with Crippen LogP contribution in [-0.4, -0.2) is 36.7 Å². The van der Waals surface area contributed by atoms with Crippen LogP contribution in [0.2, 0.25) is 0 Å². The van der Waals surface area contributed by atoms with Crippen LogP contribution in [0.3, 0.4) is 0 Å². The number of nitrogens with zero attached hydrogens (tertiary/aromatic N) is 1. The van der Waals surface area contributed by atoms with Gasteiger partial charge in [0.05, 0.1) is 6.54 Å². The van der Waals surface area contributed by atoms with Crippen LogP contribution >= 0.6 is 0 Å². The summed E-state index contributed by atoms with van der Waals surface area (Å²) in [4.78, 5) is 14.5. The average Bonchev–Trinajstić information content (AvgIpc) is 3.14. The lowest BCUT2D eigenvalue weighted by molar-refractivity contribution is -0.123. The van der Waals surface area contributed by atoms with E-state index < -0.39 is 0 Å². The highest BCUT2D eigenvalue weighted by Gasteiger charge is 2.16. The van der Waals surface area contributed by atoms with Gasteiger partial charge in [0.15, 0.2) is 11.5 Å². The molecule has 2 aromatic carbocycles. The van der Waals surface area contributed by atoms with Gasteiger partial charge in [0.2, 0.25) is 12.7 Å². The van der Waals surface area contributed by atoms with Gasteiger partial charge in [-0.2, -0.15) is 0 Å². The van der Waals surface area contributed by atoms with E-state index in [1.54, 1.807) is 0 Å². The molecule has 0 aliphatic carbocycles. The molecule has 0 aromatic heterocycles. The Bertz CT molecular complexity index is 748. The maximum absolute atomic E-state index is 12.4. The summed E-state index contributed by atoms with van der Waals surface area (Å²) in [7, 11) is 0. The summed E-state index contributed by atoms with van der Waals surface area (Å²) in [5.74, 6) is 1.63. The van der Waals surface area contributed by atoms with E-state index in [1.165, 1.54) is 5.56 Å². The Morgan fingerprint density at radius 3 is 2.67 bits per heavy atom. The number of ether oxygens (including phenoxy) is 2. The van der Waals surface area contributed by atoms with Crippen molar-refractivity contribution >= 4 is 5.91 Å². The number of hydrogen-bond acceptors (Lipinski definition) is 4. The highest BCUT2D eigenvalue weighted by molar-refractivity contribution is 5.78. The number of likely N-dealkylation sites (N-methyl/N-ethyl adjacent to an activating group) is 1. The SMILES string of the molecule is CCN(CC(=O)NC(C)CCc1ccccc1)Cc1ccc2c(c1)OCO2. The molecular weight excluding hydrogens is 340 g/mol. The Balaban J connectivity index is 1.45. The molecule has 0 saturated carbocycles. The first-order valence-electron chi connectivity index (χ1n) is 9.58. The molecule has 1 amide bonds. The van der Waals surface area contributed by atoms with Crippen LogP contribution in [-0.2, 0) is 17.8 Å². The summed E-state index contributed by atoms with van der Waals surface area (Å²) >= 11 is 0. The second-order valence-corrected chi connectivity index (χ2v) is 6.98. The monoisotopic (exact) mass is 368 g/mol. The van der Waals surface area contributed by atoms with Crippen molar-refractivity contribution in [1.82, 2.24) is 10.2 Å². The number of amides is 1. The Labute approximate surface area is 161 Å². The van der Waals surface area contributed by atoms with Crippen molar-refractivity contribution in [3.8, 4) is 11.5 Å². The lowest BCUT2D eigenvalue weighted by atomic mass is 10.1. The van der Waals surface area contributed by atoms with Gasteiger partial charge in [0, 0.05) is 12.6 Å². The maximum atomic E-state index is 12.4. The molecule has 0 fully saturated rings. The largest absolute Gasteiger partial charge is 0.454 e. The van der Waals surface area contributed by atoms with E-state index in [1.807, 2.05) is 36.4 Å². The van der Waals surface area contributed by atoms with E-state index in [2.05, 4.69) is 36.2 Å². The summed E-state index contributed by atoms with van der Waals surface area (Å²) in [6, 6.07) is 16.5. The molecule has 0 bridgehead atoms. The zero-order chi connectivity index (χ0) is 19.1. The van der Waals surface area contributed by atoms with Crippen LogP contribution in [0.4, 0.5) is 0 Å². The van der Waals surface area contributed by atoms with Gasteiger partial charge in [-0.15, -0.1) is 0 Å². The van der Waals surface area contributed by atoms with Gasteiger partial charge >= 0.3 is 0 Å². The third-order valence-electron chi connectivity index (χ3n) is 4.77. The molecule has 0 saturated heterocycles. The Morgan fingerprint density at radius 2 is 1.89 bits per heavy atom. The summed E-state index contributed by atoms with van der Waals surface area (Å²) in [5, 5.41) is 3.12. The van der Waals surface area contributed by atoms with E-state index in [4.69, 9.17) is 9.47 Å². The molecule has 5 nitrogen and oxygen atoms in total. The summed E-state index contributed by atoms with van der Waals surface area (Å²) < 4.78 is 10.8. The van der Waals surface area contributed by atoms with Crippen molar-refractivity contribution in [1.29, 1.82) is 0 Å². The molecule has 1 aliphatic heterocycles. The fourth-order valence-corrected chi connectivity index (χ4v) is 3.20. The van der Waals surface area contributed by atoms with Crippen molar-refractivity contribution < 1.29 is 14.3 Å². The number of aryl methyl sites for hydroxylation is 1. The number of hydrogen-bond donors (Lipinski definition) is 1. The minimum atomic E-state index is 0.0677. The van der Waals surface area contributed by atoms with E-state index in [0.717, 1.165) is 36.4 Å². The molecule has 1 heterocycles. The molecule has 1 unspecified atom stereocenters. The van der Waals surface area contributed by atoms with E-state index in [9.17, 15) is 4.79 Å². The van der Waals surface area contributed by atoms with Crippen molar-refractivity contribution in [2.45, 2.75) is 39.3 Å². The zero-order valence-electron chi connectivity index (χ0n) is 16.1. The van der Waals surface area contributed by atoms with Gasteiger partial charge < -0.3 is 14.8 Å². The third-order valence-corrected chi connectivity index (χ3v) is 4.77. The summed E-state index contributed by atoms with van der Waals surface area (Å²) in [6.07, 6.45) is 1.90. The second-order valence-electron chi connectivity index (χ2n) is 6.98. The highest BCUT2D eigenvalue weighted by Crippen LogP contribution is 2.32. The number of nitrogens with one attached hydrogen (secondary N) is 1. The van der Waals surface area contributed by atoms with Crippen LogP contribution in [0.15, 0.2) is 48.5 Å². The first kappa shape index (κ1) is 19.2. The first-order valence-corrected chi connectivity index (χ1v) is 9.58. The van der Waals surface area contributed by atoms with E-state index >= 15 is 0 Å². The number of rotatable bonds is 9. The van der Waals surface area contributed by atoms with Gasteiger partial charge in [-0.3, -0.25) is 9.69 Å². The molecule has 1 atom stereocenters. The van der Waals surface area contributed by atoms with Crippen LogP contribution in [0.1, 0.15) is 31.4 Å². The fourth-order valence-electron chi connectivity index (χ4n) is 3.20. The molecule has 0 spiro atoms. The predicted molar refractivity (Wildman–Crippen MR) is 106 cm³/mol. The number of carbonyl (C=O) groups excluding carboxylic acids is 1. The van der Waals surface area contributed by atoms with Gasteiger partial charge in [-0.1, -0.05) is 43.3 Å². The Kier molecular flexibility index (Phi) is 6.71. The lowest BCUT2D eigenvalue weighted by Crippen LogP contribution is -2.41. The predicted octanol–water partition coefficient (Wildman–Crippen LogP) is 3.37. The number of carbonyl (C=O) groups is 1. The highest BCUT2D eigenvalue weighted by atomic mass is 16.7. The van der Waals surface area contributed by atoms with Crippen LogP contribution in [0, 0.1) is 0 Å². The van der Waals surface area contributed by atoms with Crippen molar-refractivity contribution in [2.75, 3.05) is 19.9 Å². The Morgan fingerprint density at radius 1 is 1.11 bits per heavy atom. The van der Waals surface area contributed by atoms with Gasteiger partial charge in [-0.25, -0.2) is 0 Å². The molecule has 27 heavy (non-hydrogen) atoms. The minimum Gasteiger partial charge on any atom is -0.454 e. The van der Waals surface area contributed by atoms with Crippen molar-refractivity contribution in [3.05, 3.63) is 59.7 Å². The lowest BCUT2D eigenvalue weighted by Gasteiger charge is -2.22. The van der Waals surface area contributed by atoms with Gasteiger partial charge in [0.1, 0.15) is 0 Å². The molecular formula is C22H28N2O3. The van der Waals surface area contributed by atoms with E-state index in [-0.39, 0.29) is 18.7 Å². The zero-order valence-corrected chi connectivity index (χ0v) is 16.1. The molecule has 1 N–H and O–H groups in total. The number of fused-ring (bicyclic) bond motifs is 1. The fraction of sp³-hybridized carbons (Fsp3) is 0.409. The molecule has 2 aromatic rings. The second kappa shape index (κ2) is 9.42. The van der Waals surface area contributed by atoms with Gasteiger partial charge in [-0.05, 0) is 49.6 Å². The average molecular weight is 368 g/mol. The van der Waals surface area contributed by atoms with Crippen molar-refractivity contribution in [3.63, 3.8) is 0 Å². The van der Waals surface area contributed by atoms with E-state index in [0.29, 0.717) is 13.1 Å². The number of benzene rings is 2. The van der Waals surface area contributed by atoms with Gasteiger partial charge in [0.25, 0.3) is 0 Å². The summed E-state index contributed by atoms with van der Waals surface area (Å²) in [6.45, 7) is 6.31. The minimum absolute atomic E-state index is 0.0677. The quantitative estimate of drug-likeness (QED) is 0.737. The molecule has 1 aliphatic rings. The van der Waals surface area contributed by atoms with Crippen LogP contribution in [0.25, 0.3) is 0 Å². The normalized spacial score (nSPS) is 13.6. The Hall–Kier alpha value is -2.53. The molecule has 0 radical (unpaired) electrons. The molecule has 3 rings (SSSR count). The molecule has 144 valence electrons. The topological polar surface area (TPSA) is 50.8 Å². The maximum Gasteiger partial charge on any atom is 0.234 e.